The zero-order valence-electron chi connectivity index (χ0n) is 20.0. The zero-order chi connectivity index (χ0) is 24.9. The number of nitrogens with one attached hydrogen (secondary N) is 2. The summed E-state index contributed by atoms with van der Waals surface area (Å²) in [4.78, 5) is 33.7. The first-order valence-corrected chi connectivity index (χ1v) is 11.8. The average Bonchev–Trinajstić information content (AvgIpc) is 3.26. The predicted octanol–water partition coefficient (Wildman–Crippen LogP) is 3.69. The van der Waals surface area contributed by atoms with Crippen molar-refractivity contribution in [2.45, 2.75) is 38.3 Å². The molecule has 8 nitrogen and oxygen atoms in total. The van der Waals surface area contributed by atoms with Gasteiger partial charge in [0.1, 0.15) is 17.3 Å². The molecule has 2 unspecified atom stereocenters. The highest BCUT2D eigenvalue weighted by Gasteiger charge is 2.60. The number of H-pyrrole nitrogens is 1. The number of phenolic OH excluding ortho intramolecular Hbond substituents is 1. The topological polar surface area (TPSA) is 97.9 Å². The Morgan fingerprint density at radius 1 is 1.29 bits per heavy atom. The highest BCUT2D eigenvalue weighted by Crippen LogP contribution is 2.49. The van der Waals surface area contributed by atoms with Gasteiger partial charge in [0.2, 0.25) is 0 Å². The number of rotatable bonds is 7. The number of ether oxygens (including phenoxy) is 1. The second-order valence-electron chi connectivity index (χ2n) is 9.31. The summed E-state index contributed by atoms with van der Waals surface area (Å²) in [7, 11) is 1.41. The number of methoxy groups -OCH3 is 1. The van der Waals surface area contributed by atoms with Gasteiger partial charge < -0.3 is 20.1 Å². The number of hydrogen-bond acceptors (Lipinski definition) is 5. The predicted molar refractivity (Wildman–Crippen MR) is 129 cm³/mol. The maximum atomic E-state index is 14.5. The van der Waals surface area contributed by atoms with Crippen molar-refractivity contribution < 1.29 is 23.8 Å². The van der Waals surface area contributed by atoms with E-state index < -0.39 is 17.4 Å². The van der Waals surface area contributed by atoms with E-state index in [2.05, 4.69) is 10.3 Å². The van der Waals surface area contributed by atoms with Crippen molar-refractivity contribution in [2.24, 2.45) is 0 Å². The number of imide groups is 1. The lowest BCUT2D eigenvalue weighted by molar-refractivity contribution is -0.133. The number of phenols is 1. The van der Waals surface area contributed by atoms with Gasteiger partial charge in [-0.2, -0.15) is 0 Å². The number of benzene rings is 2. The Hall–Kier alpha value is -3.59. The molecule has 35 heavy (non-hydrogen) atoms. The minimum absolute atomic E-state index is 0.0561. The summed E-state index contributed by atoms with van der Waals surface area (Å²) in [6.07, 6.45) is 0.928. The number of aromatic amines is 1. The van der Waals surface area contributed by atoms with E-state index in [0.717, 1.165) is 17.5 Å². The second-order valence-corrected chi connectivity index (χ2v) is 9.31. The molecule has 3 aromatic rings. The first-order chi connectivity index (χ1) is 16.8. The normalized spacial score (nSPS) is 21.5. The first kappa shape index (κ1) is 23.2. The van der Waals surface area contributed by atoms with E-state index in [0.29, 0.717) is 36.3 Å². The van der Waals surface area contributed by atoms with Crippen LogP contribution in [0.25, 0.3) is 10.9 Å². The molecule has 0 saturated carbocycles. The van der Waals surface area contributed by atoms with E-state index in [1.165, 1.54) is 18.1 Å². The molecule has 184 valence electrons. The van der Waals surface area contributed by atoms with Crippen LogP contribution in [0.15, 0.2) is 36.4 Å². The van der Waals surface area contributed by atoms with E-state index in [1.807, 2.05) is 13.0 Å². The fourth-order valence-corrected chi connectivity index (χ4v) is 5.45. The van der Waals surface area contributed by atoms with Gasteiger partial charge in [-0.25, -0.2) is 9.18 Å². The maximum absolute atomic E-state index is 14.5. The summed E-state index contributed by atoms with van der Waals surface area (Å²) < 4.78 is 19.7. The van der Waals surface area contributed by atoms with Crippen molar-refractivity contribution in [1.82, 2.24) is 20.1 Å². The van der Waals surface area contributed by atoms with Crippen LogP contribution >= 0.6 is 0 Å². The smallest absolute Gasteiger partial charge is 0.328 e. The largest absolute Gasteiger partial charge is 0.508 e. The third kappa shape index (κ3) is 3.53. The summed E-state index contributed by atoms with van der Waals surface area (Å²) in [5.41, 5.74) is 1.62. The number of aromatic nitrogens is 1. The van der Waals surface area contributed by atoms with Gasteiger partial charge in [-0.05, 0) is 55.8 Å². The van der Waals surface area contributed by atoms with Crippen LogP contribution in [0.3, 0.4) is 0 Å². The Balaban J connectivity index is 1.67. The molecule has 0 spiro atoms. The molecule has 0 bridgehead atoms. The average molecular weight is 481 g/mol. The van der Waals surface area contributed by atoms with Crippen molar-refractivity contribution in [3.63, 3.8) is 0 Å². The Kier molecular flexibility index (Phi) is 5.67. The van der Waals surface area contributed by atoms with Crippen molar-refractivity contribution in [3.05, 3.63) is 59.0 Å². The summed E-state index contributed by atoms with van der Waals surface area (Å²) in [6, 6.07) is 8.66. The number of fused-ring (bicyclic) bond motifs is 4. The van der Waals surface area contributed by atoms with Gasteiger partial charge in [-0.1, -0.05) is 19.1 Å². The monoisotopic (exact) mass is 480 g/mol. The molecular weight excluding hydrogens is 451 g/mol. The summed E-state index contributed by atoms with van der Waals surface area (Å²) in [5.74, 6) is -0.586. The number of carbonyl (C=O) groups excluding carboxylic acids is 2. The molecule has 1 saturated heterocycles. The molecule has 3 amide bonds. The molecule has 3 N–H and O–H groups in total. The fraction of sp³-hybridized carbons (Fsp3) is 0.385. The minimum atomic E-state index is -1.13. The van der Waals surface area contributed by atoms with Crippen molar-refractivity contribution in [2.75, 3.05) is 26.7 Å². The Bertz CT molecular complexity index is 1320. The number of hydrogen-bond donors (Lipinski definition) is 3. The van der Waals surface area contributed by atoms with Gasteiger partial charge in [0.05, 0.1) is 7.11 Å². The Labute approximate surface area is 202 Å². The minimum Gasteiger partial charge on any atom is -0.508 e. The third-order valence-corrected chi connectivity index (χ3v) is 7.11. The standard InChI is InChI=1S/C26H29FN4O4/c1-4-28-9-6-10-30-24(33)26(2)14-18-17-12-21(35-3)19(27)13-20(17)29-22(18)23(31(26)25(30)34)15-7-5-8-16(32)11-15/h5,7-8,11-13,23,28-29,32H,4,6,9-10,14H2,1-3H3. The van der Waals surface area contributed by atoms with Crippen LogP contribution in [0.2, 0.25) is 0 Å². The molecule has 9 heteroatoms. The van der Waals surface area contributed by atoms with Crippen LogP contribution in [-0.4, -0.2) is 64.1 Å². The Morgan fingerprint density at radius 2 is 2.09 bits per heavy atom. The number of carbonyl (C=O) groups is 2. The number of urea groups is 1. The second kappa shape index (κ2) is 8.57. The van der Waals surface area contributed by atoms with E-state index in [9.17, 15) is 19.1 Å². The molecule has 0 radical (unpaired) electrons. The summed E-state index contributed by atoms with van der Waals surface area (Å²) in [5, 5.41) is 14.2. The highest BCUT2D eigenvalue weighted by molar-refractivity contribution is 6.08. The van der Waals surface area contributed by atoms with Crippen LogP contribution < -0.4 is 10.1 Å². The van der Waals surface area contributed by atoms with Crippen LogP contribution in [0.1, 0.15) is 43.1 Å². The van der Waals surface area contributed by atoms with E-state index in [-0.39, 0.29) is 29.9 Å². The molecule has 2 aromatic carbocycles. The van der Waals surface area contributed by atoms with Crippen molar-refractivity contribution in [3.8, 4) is 11.5 Å². The molecule has 2 atom stereocenters. The fourth-order valence-electron chi connectivity index (χ4n) is 5.45. The van der Waals surface area contributed by atoms with Crippen molar-refractivity contribution >= 4 is 22.8 Å². The van der Waals surface area contributed by atoms with Gasteiger partial charge in [-0.3, -0.25) is 14.6 Å². The first-order valence-electron chi connectivity index (χ1n) is 11.8. The molecular formula is C26H29FN4O4. The maximum Gasteiger partial charge on any atom is 0.328 e. The zero-order valence-corrected chi connectivity index (χ0v) is 20.0. The molecule has 2 aliphatic heterocycles. The highest BCUT2D eigenvalue weighted by atomic mass is 19.1. The van der Waals surface area contributed by atoms with Crippen LogP contribution in [-0.2, 0) is 11.2 Å². The molecule has 2 aliphatic rings. The summed E-state index contributed by atoms with van der Waals surface area (Å²) >= 11 is 0. The Morgan fingerprint density at radius 3 is 2.80 bits per heavy atom. The molecule has 0 aliphatic carbocycles. The van der Waals surface area contributed by atoms with Gasteiger partial charge in [-0.15, -0.1) is 0 Å². The van der Waals surface area contributed by atoms with Gasteiger partial charge in [0.15, 0.2) is 11.6 Å². The van der Waals surface area contributed by atoms with Gasteiger partial charge in [0.25, 0.3) is 5.91 Å². The molecule has 3 heterocycles. The number of nitrogens with zero attached hydrogens (tertiary/aromatic N) is 2. The van der Waals surface area contributed by atoms with Crippen LogP contribution in [0.4, 0.5) is 9.18 Å². The van der Waals surface area contributed by atoms with Gasteiger partial charge in [0, 0.05) is 35.6 Å². The number of amides is 3. The summed E-state index contributed by atoms with van der Waals surface area (Å²) in [6.45, 7) is 5.63. The van der Waals surface area contributed by atoms with Gasteiger partial charge >= 0.3 is 6.03 Å². The quantitative estimate of drug-likeness (QED) is 0.354. The SMILES string of the molecule is CCNCCCN1C(=O)N2C(c3cccc(O)c3)c3[nH]c4cc(F)c(OC)cc4c3CC2(C)C1=O. The lowest BCUT2D eigenvalue weighted by atomic mass is 9.81. The van der Waals surface area contributed by atoms with E-state index in [1.54, 1.807) is 36.1 Å². The lowest BCUT2D eigenvalue weighted by Crippen LogP contribution is -2.53. The lowest BCUT2D eigenvalue weighted by Gasteiger charge is -2.42. The van der Waals surface area contributed by atoms with Crippen LogP contribution in [0, 0.1) is 5.82 Å². The molecule has 1 fully saturated rings. The number of aromatic hydroxyl groups is 1. The van der Waals surface area contributed by atoms with Crippen LogP contribution in [0.5, 0.6) is 11.5 Å². The number of halogens is 1. The van der Waals surface area contributed by atoms with E-state index in [4.69, 9.17) is 4.74 Å². The third-order valence-electron chi connectivity index (χ3n) is 7.11. The van der Waals surface area contributed by atoms with E-state index >= 15 is 0 Å². The van der Waals surface area contributed by atoms with Crippen molar-refractivity contribution in [1.29, 1.82) is 0 Å². The molecule has 5 rings (SSSR count). The molecule has 1 aromatic heterocycles.